The Balaban J connectivity index is 3.30. The monoisotopic (exact) mass is 218 g/mol. The average Bonchev–Trinajstić information content (AvgIpc) is 2.25. The number of ketones is 1. The van der Waals surface area contributed by atoms with Crippen LogP contribution in [0.3, 0.4) is 0 Å². The van der Waals surface area contributed by atoms with E-state index in [1.54, 1.807) is 0 Å². The quantitative estimate of drug-likeness (QED) is 0.348. The van der Waals surface area contributed by atoms with Crippen LogP contribution in [-0.4, -0.2) is 17.3 Å². The molecule has 0 fully saturated rings. The number of carbonyl (C=O) groups is 1. The molecule has 5 nitrogen and oxygen atoms in total. The van der Waals surface area contributed by atoms with Crippen molar-refractivity contribution in [1.29, 1.82) is 0 Å². The lowest BCUT2D eigenvalue weighted by molar-refractivity contribution is -0.385. The van der Waals surface area contributed by atoms with Crippen molar-refractivity contribution in [2.75, 3.05) is 6.54 Å². The molecule has 0 radical (unpaired) electrons. The molecule has 1 rings (SSSR count). The third kappa shape index (κ3) is 2.65. The van der Waals surface area contributed by atoms with Crippen LogP contribution in [0.5, 0.6) is 0 Å². The standard InChI is InChI=1S/C11H10N2O3/c1-8(14)10-5-4-9(3-2-6-12)11(7-10)13(15)16/h4-5,7H,6,12H2,1H3. The van der Waals surface area contributed by atoms with E-state index in [1.165, 1.54) is 25.1 Å². The Morgan fingerprint density at radius 1 is 1.56 bits per heavy atom. The van der Waals surface area contributed by atoms with Gasteiger partial charge in [-0.15, -0.1) is 0 Å². The van der Waals surface area contributed by atoms with Crippen molar-refractivity contribution >= 4 is 11.5 Å². The summed E-state index contributed by atoms with van der Waals surface area (Å²) in [5, 5.41) is 10.8. The molecule has 1 aromatic carbocycles. The Kier molecular flexibility index (Phi) is 3.75. The van der Waals surface area contributed by atoms with Gasteiger partial charge in [-0.3, -0.25) is 14.9 Å². The summed E-state index contributed by atoms with van der Waals surface area (Å²) in [7, 11) is 0. The van der Waals surface area contributed by atoms with Crippen LogP contribution in [0.1, 0.15) is 22.8 Å². The third-order valence-corrected chi connectivity index (χ3v) is 1.93. The van der Waals surface area contributed by atoms with Gasteiger partial charge in [0.15, 0.2) is 5.78 Å². The van der Waals surface area contributed by atoms with Gasteiger partial charge in [0.2, 0.25) is 0 Å². The van der Waals surface area contributed by atoms with Crippen LogP contribution in [0, 0.1) is 22.0 Å². The molecule has 0 amide bonds. The highest BCUT2D eigenvalue weighted by Crippen LogP contribution is 2.19. The first kappa shape index (κ1) is 11.9. The highest BCUT2D eigenvalue weighted by atomic mass is 16.6. The number of nitrogens with zero attached hydrogens (tertiary/aromatic N) is 1. The van der Waals surface area contributed by atoms with Crippen molar-refractivity contribution in [2.45, 2.75) is 6.92 Å². The summed E-state index contributed by atoms with van der Waals surface area (Å²) >= 11 is 0. The minimum absolute atomic E-state index is 0.131. The van der Waals surface area contributed by atoms with E-state index in [4.69, 9.17) is 5.73 Å². The summed E-state index contributed by atoms with van der Waals surface area (Å²) in [6.07, 6.45) is 0. The van der Waals surface area contributed by atoms with Gasteiger partial charge in [-0.05, 0) is 19.1 Å². The number of nitro benzene ring substituents is 1. The lowest BCUT2D eigenvalue weighted by Gasteiger charge is -1.98. The maximum absolute atomic E-state index is 11.1. The fraction of sp³-hybridized carbons (Fsp3) is 0.182. The second-order valence-electron chi connectivity index (χ2n) is 3.05. The second-order valence-corrected chi connectivity index (χ2v) is 3.05. The van der Waals surface area contributed by atoms with Crippen molar-refractivity contribution in [3.8, 4) is 11.8 Å². The molecule has 0 aromatic heterocycles. The smallest absolute Gasteiger partial charge is 0.285 e. The van der Waals surface area contributed by atoms with Crippen LogP contribution in [-0.2, 0) is 0 Å². The van der Waals surface area contributed by atoms with Crippen molar-refractivity contribution in [1.82, 2.24) is 0 Å². The van der Waals surface area contributed by atoms with Gasteiger partial charge in [-0.2, -0.15) is 0 Å². The van der Waals surface area contributed by atoms with Crippen LogP contribution in [0.25, 0.3) is 0 Å². The molecule has 0 heterocycles. The first-order valence-corrected chi connectivity index (χ1v) is 4.54. The van der Waals surface area contributed by atoms with Crippen LogP contribution in [0.15, 0.2) is 18.2 Å². The van der Waals surface area contributed by atoms with Crippen LogP contribution >= 0.6 is 0 Å². The Hall–Kier alpha value is -2.19. The number of Topliss-reactive ketones (excluding diaryl/α,β-unsaturated/α-hetero) is 1. The van der Waals surface area contributed by atoms with Crippen LogP contribution in [0.2, 0.25) is 0 Å². The number of nitro groups is 1. The van der Waals surface area contributed by atoms with E-state index in [0.717, 1.165) is 0 Å². The molecule has 16 heavy (non-hydrogen) atoms. The largest absolute Gasteiger partial charge is 0.320 e. The zero-order chi connectivity index (χ0) is 12.1. The molecule has 0 aliphatic rings. The molecular formula is C11H10N2O3. The normalized spacial score (nSPS) is 9.12. The lowest BCUT2D eigenvalue weighted by atomic mass is 10.1. The highest BCUT2D eigenvalue weighted by molar-refractivity contribution is 5.95. The molecule has 0 spiro atoms. The minimum atomic E-state index is -0.563. The number of nitrogens with two attached hydrogens (primary N) is 1. The Morgan fingerprint density at radius 2 is 2.25 bits per heavy atom. The summed E-state index contributed by atoms with van der Waals surface area (Å²) in [6, 6.07) is 4.19. The van der Waals surface area contributed by atoms with E-state index < -0.39 is 4.92 Å². The summed E-state index contributed by atoms with van der Waals surface area (Å²) in [5.74, 6) is 4.91. The fourth-order valence-corrected chi connectivity index (χ4v) is 1.15. The van der Waals surface area contributed by atoms with Gasteiger partial charge in [-0.25, -0.2) is 0 Å². The van der Waals surface area contributed by atoms with E-state index in [1.807, 2.05) is 0 Å². The maximum atomic E-state index is 11.1. The van der Waals surface area contributed by atoms with E-state index in [-0.39, 0.29) is 23.6 Å². The van der Waals surface area contributed by atoms with Crippen molar-refractivity contribution in [3.63, 3.8) is 0 Å². The lowest BCUT2D eigenvalue weighted by Crippen LogP contribution is -1.98. The van der Waals surface area contributed by atoms with Crippen molar-refractivity contribution in [3.05, 3.63) is 39.4 Å². The summed E-state index contributed by atoms with van der Waals surface area (Å²) in [6.45, 7) is 1.48. The number of benzene rings is 1. The molecule has 5 heteroatoms. The number of hydrogen-bond acceptors (Lipinski definition) is 4. The molecule has 0 atom stereocenters. The van der Waals surface area contributed by atoms with E-state index in [0.29, 0.717) is 5.56 Å². The molecule has 1 aromatic rings. The first-order valence-electron chi connectivity index (χ1n) is 4.54. The molecule has 0 aliphatic heterocycles. The van der Waals surface area contributed by atoms with Crippen molar-refractivity contribution in [2.24, 2.45) is 5.73 Å². The third-order valence-electron chi connectivity index (χ3n) is 1.93. The Labute approximate surface area is 92.4 Å². The second kappa shape index (κ2) is 5.05. The average molecular weight is 218 g/mol. The van der Waals surface area contributed by atoms with Gasteiger partial charge in [0.1, 0.15) is 5.56 Å². The summed E-state index contributed by atoms with van der Waals surface area (Å²) in [4.78, 5) is 21.3. The molecule has 0 aliphatic carbocycles. The van der Waals surface area contributed by atoms with Gasteiger partial charge in [0, 0.05) is 11.6 Å². The maximum Gasteiger partial charge on any atom is 0.285 e. The SMILES string of the molecule is CC(=O)c1ccc(C#CCN)c([N+](=O)[O-])c1. The first-order chi connectivity index (χ1) is 7.56. The molecule has 0 saturated heterocycles. The van der Waals surface area contributed by atoms with Crippen LogP contribution in [0.4, 0.5) is 5.69 Å². The number of carbonyl (C=O) groups excluding carboxylic acids is 1. The molecular weight excluding hydrogens is 208 g/mol. The van der Waals surface area contributed by atoms with Gasteiger partial charge in [0.25, 0.3) is 5.69 Å². The van der Waals surface area contributed by atoms with Gasteiger partial charge < -0.3 is 5.73 Å². The highest BCUT2D eigenvalue weighted by Gasteiger charge is 2.14. The fourth-order valence-electron chi connectivity index (χ4n) is 1.15. The van der Waals surface area contributed by atoms with E-state index in [9.17, 15) is 14.9 Å². The molecule has 0 saturated carbocycles. The molecule has 0 bridgehead atoms. The number of rotatable bonds is 2. The molecule has 0 unspecified atom stereocenters. The zero-order valence-corrected chi connectivity index (χ0v) is 8.69. The van der Waals surface area contributed by atoms with Gasteiger partial charge >= 0.3 is 0 Å². The topological polar surface area (TPSA) is 86.2 Å². The Bertz CT molecular complexity index is 498. The summed E-state index contributed by atoms with van der Waals surface area (Å²) < 4.78 is 0. The number of hydrogen-bond donors (Lipinski definition) is 1. The van der Waals surface area contributed by atoms with Crippen molar-refractivity contribution < 1.29 is 9.72 Å². The molecule has 2 N–H and O–H groups in total. The predicted molar refractivity (Wildman–Crippen MR) is 59.0 cm³/mol. The van der Waals surface area contributed by atoms with Crippen LogP contribution < -0.4 is 5.73 Å². The predicted octanol–water partition coefficient (Wildman–Crippen LogP) is 1.11. The Morgan fingerprint density at radius 3 is 2.75 bits per heavy atom. The van der Waals surface area contributed by atoms with Gasteiger partial charge in [0.05, 0.1) is 11.5 Å². The zero-order valence-electron chi connectivity index (χ0n) is 8.69. The van der Waals surface area contributed by atoms with E-state index in [2.05, 4.69) is 11.8 Å². The van der Waals surface area contributed by atoms with E-state index >= 15 is 0 Å². The summed E-state index contributed by atoms with van der Waals surface area (Å²) in [5.41, 5.74) is 5.57. The minimum Gasteiger partial charge on any atom is -0.320 e. The molecule has 82 valence electrons. The van der Waals surface area contributed by atoms with Gasteiger partial charge in [-0.1, -0.05) is 11.8 Å².